The molecule has 0 aromatic rings. The molecule has 0 unspecified atom stereocenters. The monoisotopic (exact) mass is 645 g/mol. The minimum Gasteiger partial charge on any atom is -0.432 e. The molecular weight excluding hydrogens is 560 g/mol. The molecule has 0 spiro atoms. The molecule has 0 aliphatic heterocycles. The van der Waals surface area contributed by atoms with Gasteiger partial charge in [-0.15, -0.1) is 0 Å². The van der Waals surface area contributed by atoms with Crippen molar-refractivity contribution in [1.82, 2.24) is 0 Å². The van der Waals surface area contributed by atoms with Gasteiger partial charge in [-0.25, -0.2) is 4.79 Å². The third-order valence-electron chi connectivity index (χ3n) is 9.73. The van der Waals surface area contributed by atoms with Crippen LogP contribution in [0.3, 0.4) is 0 Å². The maximum atomic E-state index is 11.9. The van der Waals surface area contributed by atoms with Crippen molar-refractivity contribution in [3.63, 3.8) is 0 Å². The quantitative estimate of drug-likeness (QED) is 0.0288. The first-order chi connectivity index (χ1) is 22.8. The fourth-order valence-corrected chi connectivity index (χ4v) is 6.55. The van der Waals surface area contributed by atoms with Gasteiger partial charge in [0.05, 0.1) is 6.26 Å². The normalized spacial score (nSPS) is 11.8. The van der Waals surface area contributed by atoms with Gasteiger partial charge in [0.1, 0.15) is 0 Å². The molecule has 0 aromatic carbocycles. The Labute approximate surface area is 290 Å². The van der Waals surface area contributed by atoms with Crippen molar-refractivity contribution in [3.8, 4) is 0 Å². The van der Waals surface area contributed by atoms with Crippen molar-refractivity contribution in [3.05, 3.63) is 24.5 Å². The summed E-state index contributed by atoms with van der Waals surface area (Å²) in [5.74, 6) is -0.235. The van der Waals surface area contributed by atoms with Crippen LogP contribution in [-0.2, 0) is 9.53 Å². The number of carbonyl (C=O) groups is 1. The molecule has 272 valence electrons. The average molecular weight is 645 g/mol. The van der Waals surface area contributed by atoms with E-state index in [4.69, 9.17) is 4.74 Å². The number of carbonyl (C=O) groups excluding carboxylic acids is 1. The molecule has 0 bridgehead atoms. The highest BCUT2D eigenvalue weighted by Gasteiger charge is 1.97. The Morgan fingerprint density at radius 1 is 0.348 bits per heavy atom. The molecule has 0 rings (SSSR count). The molecule has 0 N–H and O–H groups in total. The second kappa shape index (κ2) is 42.0. The molecule has 0 amide bonds. The Hall–Kier alpha value is -1.05. The highest BCUT2D eigenvalue weighted by Crippen LogP contribution is 2.16. The second-order valence-corrected chi connectivity index (χ2v) is 14.5. The highest BCUT2D eigenvalue weighted by molar-refractivity contribution is 5.82. The zero-order valence-electron chi connectivity index (χ0n) is 31.8. The van der Waals surface area contributed by atoms with E-state index in [1.807, 2.05) is 12.2 Å². The van der Waals surface area contributed by atoms with E-state index in [0.29, 0.717) is 0 Å². The SMILES string of the molecule is CCCCCCCCCCCCCCCCCCC=COC(=O)C=CCCCCCCCCCCCCCCCCCCCCC. The molecule has 46 heavy (non-hydrogen) atoms. The van der Waals surface area contributed by atoms with Crippen molar-refractivity contribution >= 4 is 5.97 Å². The van der Waals surface area contributed by atoms with Crippen molar-refractivity contribution in [1.29, 1.82) is 0 Å². The lowest BCUT2D eigenvalue weighted by atomic mass is 10.0. The Morgan fingerprint density at radius 3 is 0.870 bits per heavy atom. The van der Waals surface area contributed by atoms with Crippen LogP contribution in [0.5, 0.6) is 0 Å². The van der Waals surface area contributed by atoms with E-state index in [9.17, 15) is 4.79 Å². The number of hydrogen-bond acceptors (Lipinski definition) is 2. The van der Waals surface area contributed by atoms with Gasteiger partial charge in [-0.05, 0) is 31.8 Å². The third-order valence-corrected chi connectivity index (χ3v) is 9.73. The first-order valence-electron chi connectivity index (χ1n) is 21.3. The smallest absolute Gasteiger partial charge is 0.335 e. The van der Waals surface area contributed by atoms with Crippen LogP contribution in [0.4, 0.5) is 0 Å². The molecule has 2 nitrogen and oxygen atoms in total. The predicted molar refractivity (Wildman–Crippen MR) is 207 cm³/mol. The van der Waals surface area contributed by atoms with Crippen LogP contribution in [0.1, 0.15) is 251 Å². The average Bonchev–Trinajstić information content (AvgIpc) is 3.06. The minimum atomic E-state index is -0.235. The van der Waals surface area contributed by atoms with Gasteiger partial charge in [0.15, 0.2) is 0 Å². The van der Waals surface area contributed by atoms with Gasteiger partial charge in [-0.1, -0.05) is 232 Å². The zero-order valence-corrected chi connectivity index (χ0v) is 31.8. The van der Waals surface area contributed by atoms with E-state index in [1.165, 1.54) is 225 Å². The molecule has 0 aromatic heterocycles. The molecule has 2 heteroatoms. The second-order valence-electron chi connectivity index (χ2n) is 14.5. The van der Waals surface area contributed by atoms with Gasteiger partial charge in [0.25, 0.3) is 0 Å². The molecule has 0 saturated heterocycles. The Balaban J connectivity index is 3.26. The summed E-state index contributed by atoms with van der Waals surface area (Å²) in [6.45, 7) is 4.59. The summed E-state index contributed by atoms with van der Waals surface area (Å²) in [5.41, 5.74) is 0. The Bertz CT molecular complexity index is 621. The Kier molecular flexibility index (Phi) is 41.0. The zero-order chi connectivity index (χ0) is 33.3. The first-order valence-corrected chi connectivity index (χ1v) is 21.3. The van der Waals surface area contributed by atoms with Crippen molar-refractivity contribution < 1.29 is 9.53 Å². The van der Waals surface area contributed by atoms with Crippen LogP contribution >= 0.6 is 0 Å². The highest BCUT2D eigenvalue weighted by atomic mass is 16.5. The van der Waals surface area contributed by atoms with Crippen LogP contribution in [-0.4, -0.2) is 5.97 Å². The third kappa shape index (κ3) is 41.0. The summed E-state index contributed by atoms with van der Waals surface area (Å²) in [7, 11) is 0. The van der Waals surface area contributed by atoms with Crippen LogP contribution in [0.15, 0.2) is 24.5 Å². The molecule has 0 saturated carbocycles. The summed E-state index contributed by atoms with van der Waals surface area (Å²) in [4.78, 5) is 11.9. The van der Waals surface area contributed by atoms with E-state index in [0.717, 1.165) is 12.8 Å². The molecule has 0 radical (unpaired) electrons. The van der Waals surface area contributed by atoms with E-state index < -0.39 is 0 Å². The molecule has 0 aliphatic rings. The van der Waals surface area contributed by atoms with E-state index in [2.05, 4.69) is 13.8 Å². The first kappa shape index (κ1) is 45.0. The summed E-state index contributed by atoms with van der Waals surface area (Å²) in [5, 5.41) is 0. The minimum absolute atomic E-state index is 0.235. The lowest BCUT2D eigenvalue weighted by molar-refractivity contribution is -0.132. The van der Waals surface area contributed by atoms with Crippen molar-refractivity contribution in [2.45, 2.75) is 251 Å². The molecular formula is C44H84O2. The summed E-state index contributed by atoms with van der Waals surface area (Å²) in [6.07, 6.45) is 58.2. The lowest BCUT2D eigenvalue weighted by Crippen LogP contribution is -1.93. The van der Waals surface area contributed by atoms with Crippen LogP contribution in [0.25, 0.3) is 0 Å². The standard InChI is InChI=1S/C44H84O2/c1-3-5-7-9-11-13-15-17-19-21-23-24-25-26-28-30-32-34-36-38-40-42-44(45)46-43-41-39-37-35-33-31-29-27-22-20-18-16-14-12-10-8-6-4-2/h40-43H,3-39H2,1-2H3. The molecule has 0 aliphatic carbocycles. The largest absolute Gasteiger partial charge is 0.432 e. The van der Waals surface area contributed by atoms with Gasteiger partial charge < -0.3 is 4.74 Å². The maximum Gasteiger partial charge on any atom is 0.335 e. The van der Waals surface area contributed by atoms with Crippen molar-refractivity contribution in [2.24, 2.45) is 0 Å². The van der Waals surface area contributed by atoms with Crippen LogP contribution in [0, 0.1) is 0 Å². The maximum absolute atomic E-state index is 11.9. The van der Waals surface area contributed by atoms with E-state index >= 15 is 0 Å². The topological polar surface area (TPSA) is 26.3 Å². The number of esters is 1. The molecule has 0 heterocycles. The fraction of sp³-hybridized carbons (Fsp3) is 0.886. The van der Waals surface area contributed by atoms with Gasteiger partial charge in [-0.2, -0.15) is 0 Å². The molecule has 0 fully saturated rings. The Morgan fingerprint density at radius 2 is 0.587 bits per heavy atom. The number of ether oxygens (including phenoxy) is 1. The van der Waals surface area contributed by atoms with E-state index in [1.54, 1.807) is 12.3 Å². The number of allylic oxidation sites excluding steroid dienone is 2. The summed E-state index contributed by atoms with van der Waals surface area (Å²) >= 11 is 0. The van der Waals surface area contributed by atoms with Crippen LogP contribution < -0.4 is 0 Å². The summed E-state index contributed by atoms with van der Waals surface area (Å²) < 4.78 is 5.21. The van der Waals surface area contributed by atoms with Gasteiger partial charge in [0, 0.05) is 6.08 Å². The van der Waals surface area contributed by atoms with Gasteiger partial charge in [0.2, 0.25) is 0 Å². The van der Waals surface area contributed by atoms with E-state index in [-0.39, 0.29) is 5.97 Å². The number of rotatable bonds is 39. The number of hydrogen-bond donors (Lipinski definition) is 0. The number of unbranched alkanes of at least 4 members (excludes halogenated alkanes) is 35. The predicted octanol–water partition coefficient (Wildman–Crippen LogP) is 16.1. The van der Waals surface area contributed by atoms with Crippen LogP contribution in [0.2, 0.25) is 0 Å². The van der Waals surface area contributed by atoms with Crippen molar-refractivity contribution in [2.75, 3.05) is 0 Å². The summed E-state index contributed by atoms with van der Waals surface area (Å²) in [6, 6.07) is 0. The lowest BCUT2D eigenvalue weighted by Gasteiger charge is -2.03. The molecule has 0 atom stereocenters. The fourth-order valence-electron chi connectivity index (χ4n) is 6.55. The van der Waals surface area contributed by atoms with Gasteiger partial charge >= 0.3 is 5.97 Å². The van der Waals surface area contributed by atoms with Gasteiger partial charge in [-0.3, -0.25) is 0 Å².